The van der Waals surface area contributed by atoms with Gasteiger partial charge in [-0.05, 0) is 67.3 Å². The minimum Gasteiger partial charge on any atom is -0.371 e. The largest absolute Gasteiger partial charge is 0.371 e. The minimum absolute atomic E-state index is 0.191. The normalized spacial score (nSPS) is 22.1. The Balaban J connectivity index is 1.25. The lowest BCUT2D eigenvalue weighted by molar-refractivity contribution is -0.124. The molecule has 4 heteroatoms. The Bertz CT molecular complexity index is 1120. The van der Waals surface area contributed by atoms with Gasteiger partial charge in [0.2, 0.25) is 0 Å². The van der Waals surface area contributed by atoms with Crippen molar-refractivity contribution in [3.63, 3.8) is 0 Å². The number of imidazole rings is 1. The monoisotopic (exact) mass is 455 g/mol. The highest BCUT2D eigenvalue weighted by Crippen LogP contribution is 2.42. The first-order valence-electron chi connectivity index (χ1n) is 13.6. The smallest absolute Gasteiger partial charge is 0.138 e. The number of Topliss-reactive ketones (excluding diaryl/α,β-unsaturated/α-hetero) is 1. The molecule has 0 spiro atoms. The lowest BCUT2D eigenvalue weighted by Gasteiger charge is -2.35. The van der Waals surface area contributed by atoms with E-state index in [1.54, 1.807) is 0 Å². The summed E-state index contributed by atoms with van der Waals surface area (Å²) in [5, 5.41) is 0. The maximum Gasteiger partial charge on any atom is 0.138 e. The molecule has 0 bridgehead atoms. The number of benzene rings is 2. The van der Waals surface area contributed by atoms with E-state index >= 15 is 0 Å². The van der Waals surface area contributed by atoms with Crippen LogP contribution in [0.3, 0.4) is 0 Å². The van der Waals surface area contributed by atoms with Gasteiger partial charge >= 0.3 is 0 Å². The average Bonchev–Trinajstić information content (AvgIpc) is 3.28. The van der Waals surface area contributed by atoms with Crippen LogP contribution in [0.2, 0.25) is 0 Å². The Morgan fingerprint density at radius 3 is 2.59 bits per heavy atom. The van der Waals surface area contributed by atoms with Gasteiger partial charge in [-0.2, -0.15) is 0 Å². The summed E-state index contributed by atoms with van der Waals surface area (Å²) in [6.45, 7) is 1.91. The number of aromatic nitrogens is 2. The van der Waals surface area contributed by atoms with Crippen LogP contribution in [0.15, 0.2) is 42.5 Å². The molecule has 1 saturated heterocycles. The van der Waals surface area contributed by atoms with Gasteiger partial charge in [0.1, 0.15) is 11.6 Å². The van der Waals surface area contributed by atoms with E-state index < -0.39 is 0 Å². The summed E-state index contributed by atoms with van der Waals surface area (Å²) in [4.78, 5) is 24.2. The number of carbonyl (C=O) groups is 1. The third-order valence-corrected chi connectivity index (χ3v) is 8.68. The molecule has 1 aromatic heterocycles. The van der Waals surface area contributed by atoms with E-state index in [0.29, 0.717) is 17.6 Å². The van der Waals surface area contributed by atoms with Crippen molar-refractivity contribution in [3.8, 4) is 11.4 Å². The van der Waals surface area contributed by atoms with Gasteiger partial charge in [-0.25, -0.2) is 4.98 Å². The molecule has 4 nitrogen and oxygen atoms in total. The number of nitrogens with one attached hydrogen (secondary N) is 1. The van der Waals surface area contributed by atoms with Gasteiger partial charge in [-0.15, -0.1) is 0 Å². The number of rotatable bonds is 6. The van der Waals surface area contributed by atoms with Crippen LogP contribution < -0.4 is 4.90 Å². The van der Waals surface area contributed by atoms with E-state index in [2.05, 4.69) is 52.3 Å². The van der Waals surface area contributed by atoms with Crippen LogP contribution in [-0.4, -0.2) is 28.8 Å². The fourth-order valence-corrected chi connectivity index (χ4v) is 6.42. The number of hydrogen-bond donors (Lipinski definition) is 1. The molecule has 2 aromatic carbocycles. The van der Waals surface area contributed by atoms with Gasteiger partial charge in [0, 0.05) is 36.7 Å². The molecule has 1 N–H and O–H groups in total. The van der Waals surface area contributed by atoms with Gasteiger partial charge in [-0.3, -0.25) is 4.79 Å². The standard InChI is InChI=1S/C30H37N3O/c34-29(18-21-8-2-1-3-9-21)23-12-7-17-33(20-23)24-15-16-25(22-10-6-11-22)26(19-24)30-31-27-13-4-5-14-28(27)32-30/h4-5,13-16,19,21-23H,1-3,6-12,17-18,20H2,(H,31,32). The summed E-state index contributed by atoms with van der Waals surface area (Å²) in [6, 6.07) is 15.3. The number of H-pyrrole nitrogens is 1. The Hall–Kier alpha value is -2.62. The SMILES string of the molecule is O=C(CC1CCCCC1)C1CCCN(c2ccc(C3CCC3)c(-c3nc4ccccc4[nH]3)c2)C1. The zero-order valence-electron chi connectivity index (χ0n) is 20.3. The topological polar surface area (TPSA) is 49.0 Å². The van der Waals surface area contributed by atoms with Crippen molar-refractivity contribution in [2.75, 3.05) is 18.0 Å². The summed E-state index contributed by atoms with van der Waals surface area (Å²) < 4.78 is 0. The van der Waals surface area contributed by atoms with Crippen molar-refractivity contribution < 1.29 is 4.79 Å². The van der Waals surface area contributed by atoms with E-state index in [-0.39, 0.29) is 5.92 Å². The highest BCUT2D eigenvalue weighted by atomic mass is 16.1. The number of ketones is 1. The van der Waals surface area contributed by atoms with Crippen LogP contribution in [0.5, 0.6) is 0 Å². The number of carbonyl (C=O) groups excluding carboxylic acids is 1. The number of nitrogens with zero attached hydrogens (tertiary/aromatic N) is 2. The summed E-state index contributed by atoms with van der Waals surface area (Å²) in [7, 11) is 0. The molecular formula is C30H37N3O. The highest BCUT2D eigenvalue weighted by Gasteiger charge is 2.29. The van der Waals surface area contributed by atoms with Gasteiger partial charge < -0.3 is 9.88 Å². The molecule has 2 heterocycles. The van der Waals surface area contributed by atoms with Crippen molar-refractivity contribution >= 4 is 22.5 Å². The van der Waals surface area contributed by atoms with E-state index in [1.807, 2.05) is 0 Å². The quantitative estimate of drug-likeness (QED) is 0.426. The van der Waals surface area contributed by atoms with Crippen LogP contribution >= 0.6 is 0 Å². The maximum atomic E-state index is 13.2. The van der Waals surface area contributed by atoms with Gasteiger partial charge in [0.05, 0.1) is 11.0 Å². The molecule has 1 unspecified atom stereocenters. The molecule has 178 valence electrons. The first-order chi connectivity index (χ1) is 16.7. The number of piperidine rings is 1. The number of para-hydroxylation sites is 2. The second kappa shape index (κ2) is 9.56. The molecule has 34 heavy (non-hydrogen) atoms. The zero-order chi connectivity index (χ0) is 22.9. The Labute approximate surface area is 203 Å². The molecule has 0 radical (unpaired) electrons. The summed E-state index contributed by atoms with van der Waals surface area (Å²) >= 11 is 0. The van der Waals surface area contributed by atoms with Gasteiger partial charge in [-0.1, -0.05) is 56.7 Å². The molecule has 1 aliphatic heterocycles. The number of fused-ring (bicyclic) bond motifs is 1. The third-order valence-electron chi connectivity index (χ3n) is 8.68. The number of anilines is 1. The van der Waals surface area contributed by atoms with Crippen molar-refractivity contribution in [1.29, 1.82) is 0 Å². The predicted molar refractivity (Wildman–Crippen MR) is 139 cm³/mol. The van der Waals surface area contributed by atoms with Crippen molar-refractivity contribution in [2.24, 2.45) is 11.8 Å². The van der Waals surface area contributed by atoms with Gasteiger partial charge in [0.25, 0.3) is 0 Å². The van der Waals surface area contributed by atoms with Crippen LogP contribution in [0.1, 0.15) is 82.1 Å². The Kier molecular flexibility index (Phi) is 6.15. The number of hydrogen-bond acceptors (Lipinski definition) is 3. The molecule has 3 aliphatic rings. The van der Waals surface area contributed by atoms with Crippen LogP contribution in [-0.2, 0) is 4.79 Å². The van der Waals surface area contributed by atoms with E-state index in [4.69, 9.17) is 4.98 Å². The molecule has 2 saturated carbocycles. The summed E-state index contributed by atoms with van der Waals surface area (Å²) in [5.41, 5.74) is 6.03. The first kappa shape index (κ1) is 21.9. The van der Waals surface area contributed by atoms with E-state index in [1.165, 1.54) is 68.2 Å². The average molecular weight is 456 g/mol. The molecule has 0 amide bonds. The lowest BCUT2D eigenvalue weighted by Crippen LogP contribution is -2.39. The van der Waals surface area contributed by atoms with Crippen molar-refractivity contribution in [2.45, 2.75) is 76.5 Å². The lowest BCUT2D eigenvalue weighted by atomic mass is 9.78. The molecule has 1 atom stereocenters. The van der Waals surface area contributed by atoms with Crippen LogP contribution in [0, 0.1) is 11.8 Å². The highest BCUT2D eigenvalue weighted by molar-refractivity contribution is 5.83. The second-order valence-corrected chi connectivity index (χ2v) is 11.0. The summed E-state index contributed by atoms with van der Waals surface area (Å²) in [6.07, 6.45) is 13.3. The maximum absolute atomic E-state index is 13.2. The summed E-state index contributed by atoms with van der Waals surface area (Å²) in [5.74, 6) is 2.96. The second-order valence-electron chi connectivity index (χ2n) is 11.0. The molecule has 6 rings (SSSR count). The first-order valence-corrected chi connectivity index (χ1v) is 13.6. The number of aromatic amines is 1. The van der Waals surface area contributed by atoms with Crippen LogP contribution in [0.4, 0.5) is 5.69 Å². The van der Waals surface area contributed by atoms with E-state index in [9.17, 15) is 4.79 Å². The van der Waals surface area contributed by atoms with E-state index in [0.717, 1.165) is 49.2 Å². The fraction of sp³-hybridized carbons (Fsp3) is 0.533. The van der Waals surface area contributed by atoms with Crippen LogP contribution in [0.25, 0.3) is 22.4 Å². The predicted octanol–water partition coefficient (Wildman–Crippen LogP) is 7.25. The Morgan fingerprint density at radius 1 is 0.941 bits per heavy atom. The molecular weight excluding hydrogens is 418 g/mol. The Morgan fingerprint density at radius 2 is 1.79 bits per heavy atom. The minimum atomic E-state index is 0.191. The fourth-order valence-electron chi connectivity index (χ4n) is 6.42. The van der Waals surface area contributed by atoms with Gasteiger partial charge in [0.15, 0.2) is 0 Å². The zero-order valence-corrected chi connectivity index (χ0v) is 20.3. The molecule has 3 aromatic rings. The molecule has 2 aliphatic carbocycles. The molecule has 3 fully saturated rings. The third kappa shape index (κ3) is 4.39. The van der Waals surface area contributed by atoms with Crippen molar-refractivity contribution in [3.05, 3.63) is 48.0 Å². The van der Waals surface area contributed by atoms with Crippen molar-refractivity contribution in [1.82, 2.24) is 9.97 Å².